The zero-order valence-corrected chi connectivity index (χ0v) is 14.2. The number of nitrogens with zero attached hydrogens (tertiary/aromatic N) is 2. The molecule has 0 saturated heterocycles. The average molecular weight is 312 g/mol. The molecule has 0 heterocycles. The Morgan fingerprint density at radius 1 is 1.48 bits per heavy atom. The van der Waals surface area contributed by atoms with Crippen molar-refractivity contribution in [2.45, 2.75) is 25.9 Å². The predicted molar refractivity (Wildman–Crippen MR) is 90.1 cm³/mol. The number of ether oxygens (including phenoxy) is 1. The van der Waals surface area contributed by atoms with Crippen molar-refractivity contribution in [1.29, 1.82) is 0 Å². The zero-order chi connectivity index (χ0) is 15.7. The van der Waals surface area contributed by atoms with Gasteiger partial charge in [0.25, 0.3) is 0 Å². The van der Waals surface area contributed by atoms with Crippen molar-refractivity contribution in [3.63, 3.8) is 0 Å². The highest BCUT2D eigenvalue weighted by atomic mass is 35.5. The van der Waals surface area contributed by atoms with Crippen LogP contribution in [0.15, 0.2) is 29.3 Å². The Labute approximate surface area is 133 Å². The summed E-state index contributed by atoms with van der Waals surface area (Å²) in [5.41, 5.74) is 1.06. The Balaban J connectivity index is 2.61. The van der Waals surface area contributed by atoms with Crippen LogP contribution in [0.3, 0.4) is 0 Å². The first-order chi connectivity index (χ1) is 10.1. The Hall–Kier alpha value is -1.26. The van der Waals surface area contributed by atoms with E-state index in [0.29, 0.717) is 6.54 Å². The van der Waals surface area contributed by atoms with Crippen LogP contribution >= 0.6 is 11.6 Å². The molecule has 5 heteroatoms. The number of halogens is 1. The molecular formula is C16H26ClN3O. The predicted octanol–water partition coefficient (Wildman–Crippen LogP) is 3.33. The molecule has 4 nitrogen and oxygen atoms in total. The van der Waals surface area contributed by atoms with E-state index in [2.05, 4.69) is 22.1 Å². The maximum atomic E-state index is 6.04. The number of hydrogen-bond donors (Lipinski definition) is 1. The van der Waals surface area contributed by atoms with Crippen LogP contribution in [0, 0.1) is 0 Å². The van der Waals surface area contributed by atoms with Crippen LogP contribution in [-0.4, -0.2) is 45.2 Å². The summed E-state index contributed by atoms with van der Waals surface area (Å²) in [5, 5.41) is 4.08. The first kappa shape index (κ1) is 17.8. The smallest absolute Gasteiger partial charge is 0.193 e. The lowest BCUT2D eigenvalue weighted by Crippen LogP contribution is -2.41. The molecule has 1 rings (SSSR count). The molecule has 1 aromatic carbocycles. The lowest BCUT2D eigenvalue weighted by atomic mass is 10.1. The highest BCUT2D eigenvalue weighted by molar-refractivity contribution is 6.30. The van der Waals surface area contributed by atoms with Crippen LogP contribution in [-0.2, 0) is 4.74 Å². The van der Waals surface area contributed by atoms with Gasteiger partial charge in [-0.25, -0.2) is 0 Å². The van der Waals surface area contributed by atoms with Gasteiger partial charge in [0.1, 0.15) is 0 Å². The summed E-state index contributed by atoms with van der Waals surface area (Å²) in [6.45, 7) is 3.83. The lowest BCUT2D eigenvalue weighted by molar-refractivity contribution is 0.106. The van der Waals surface area contributed by atoms with Crippen molar-refractivity contribution < 1.29 is 4.74 Å². The molecule has 0 aliphatic heterocycles. The number of nitrogens with one attached hydrogen (secondary N) is 1. The lowest BCUT2D eigenvalue weighted by Gasteiger charge is -2.24. The normalized spacial score (nSPS) is 13.1. The molecule has 0 aromatic heterocycles. The molecule has 0 aliphatic rings. The minimum Gasteiger partial charge on any atom is -0.375 e. The second-order valence-electron chi connectivity index (χ2n) is 4.98. The first-order valence-electron chi connectivity index (χ1n) is 7.32. The van der Waals surface area contributed by atoms with Gasteiger partial charge in [-0.3, -0.25) is 4.99 Å². The summed E-state index contributed by atoms with van der Waals surface area (Å²) >= 11 is 6.04. The minimum atomic E-state index is -0.0555. The van der Waals surface area contributed by atoms with Gasteiger partial charge in [0.15, 0.2) is 5.96 Å². The molecule has 1 N–H and O–H groups in total. The maximum absolute atomic E-state index is 6.04. The molecule has 0 aliphatic carbocycles. The van der Waals surface area contributed by atoms with Crippen molar-refractivity contribution in [2.75, 3.05) is 34.3 Å². The third-order valence-electron chi connectivity index (χ3n) is 3.37. The standard InChI is InChI=1S/C16H26ClN3O/c1-5-6-10-20(3)16(18-2)19-12-15(21-4)13-8-7-9-14(17)11-13/h7-9,11,15H,5-6,10,12H2,1-4H3,(H,18,19). The summed E-state index contributed by atoms with van der Waals surface area (Å²) < 4.78 is 5.55. The van der Waals surface area contributed by atoms with E-state index < -0.39 is 0 Å². The van der Waals surface area contributed by atoms with Crippen molar-refractivity contribution in [3.8, 4) is 0 Å². The molecule has 0 spiro atoms. The van der Waals surface area contributed by atoms with Gasteiger partial charge in [0.05, 0.1) is 6.10 Å². The molecule has 118 valence electrons. The molecule has 1 unspecified atom stereocenters. The van der Waals surface area contributed by atoms with E-state index >= 15 is 0 Å². The molecule has 0 radical (unpaired) electrons. The molecule has 21 heavy (non-hydrogen) atoms. The number of hydrogen-bond acceptors (Lipinski definition) is 2. The molecular weight excluding hydrogens is 286 g/mol. The Kier molecular flexibility index (Phi) is 8.16. The number of benzene rings is 1. The molecule has 0 saturated carbocycles. The van der Waals surface area contributed by atoms with E-state index in [0.717, 1.165) is 29.5 Å². The number of methoxy groups -OCH3 is 1. The Morgan fingerprint density at radius 2 is 2.24 bits per heavy atom. The molecule has 0 amide bonds. The van der Waals surface area contributed by atoms with E-state index in [1.165, 1.54) is 6.42 Å². The Bertz CT molecular complexity index is 451. The van der Waals surface area contributed by atoms with Crippen molar-refractivity contribution in [2.24, 2.45) is 4.99 Å². The molecule has 1 aromatic rings. The van der Waals surface area contributed by atoms with Gasteiger partial charge in [-0.15, -0.1) is 0 Å². The zero-order valence-electron chi connectivity index (χ0n) is 13.4. The van der Waals surface area contributed by atoms with E-state index in [1.807, 2.05) is 31.3 Å². The van der Waals surface area contributed by atoms with Crippen molar-refractivity contribution >= 4 is 17.6 Å². The second kappa shape index (κ2) is 9.64. The number of rotatable bonds is 7. The molecule has 1 atom stereocenters. The summed E-state index contributed by atoms with van der Waals surface area (Å²) in [6, 6.07) is 7.75. The highest BCUT2D eigenvalue weighted by Gasteiger charge is 2.13. The number of guanidine groups is 1. The van der Waals surface area contributed by atoms with Crippen LogP contribution in [0.5, 0.6) is 0 Å². The van der Waals surface area contributed by atoms with Gasteiger partial charge >= 0.3 is 0 Å². The fourth-order valence-electron chi connectivity index (χ4n) is 2.11. The first-order valence-corrected chi connectivity index (χ1v) is 7.70. The second-order valence-corrected chi connectivity index (χ2v) is 5.42. The van der Waals surface area contributed by atoms with Gasteiger partial charge in [-0.1, -0.05) is 37.1 Å². The fraction of sp³-hybridized carbons (Fsp3) is 0.562. The van der Waals surface area contributed by atoms with Crippen LogP contribution in [0.2, 0.25) is 5.02 Å². The minimum absolute atomic E-state index is 0.0555. The summed E-state index contributed by atoms with van der Waals surface area (Å²) in [6.07, 6.45) is 2.27. The topological polar surface area (TPSA) is 36.9 Å². The number of aliphatic imine (C=N–C) groups is 1. The van der Waals surface area contributed by atoms with Gasteiger partial charge in [0.2, 0.25) is 0 Å². The molecule has 0 bridgehead atoms. The van der Waals surface area contributed by atoms with E-state index in [4.69, 9.17) is 16.3 Å². The van der Waals surface area contributed by atoms with E-state index in [-0.39, 0.29) is 6.10 Å². The summed E-state index contributed by atoms with van der Waals surface area (Å²) in [7, 11) is 5.55. The van der Waals surface area contributed by atoms with Crippen LogP contribution in [0.4, 0.5) is 0 Å². The van der Waals surface area contributed by atoms with Crippen molar-refractivity contribution in [1.82, 2.24) is 10.2 Å². The average Bonchev–Trinajstić information content (AvgIpc) is 2.49. The molecule has 0 fully saturated rings. The highest BCUT2D eigenvalue weighted by Crippen LogP contribution is 2.19. The maximum Gasteiger partial charge on any atom is 0.193 e. The van der Waals surface area contributed by atoms with E-state index in [1.54, 1.807) is 14.2 Å². The largest absolute Gasteiger partial charge is 0.375 e. The summed E-state index contributed by atoms with van der Waals surface area (Å²) in [5.74, 6) is 0.882. The van der Waals surface area contributed by atoms with Crippen LogP contribution in [0.1, 0.15) is 31.4 Å². The quantitative estimate of drug-likeness (QED) is 0.620. The van der Waals surface area contributed by atoms with Gasteiger partial charge in [-0.05, 0) is 24.1 Å². The Morgan fingerprint density at radius 3 is 2.81 bits per heavy atom. The SMILES string of the molecule is CCCCN(C)C(=NC)NCC(OC)c1cccc(Cl)c1. The third kappa shape index (κ3) is 5.94. The summed E-state index contributed by atoms with van der Waals surface area (Å²) in [4.78, 5) is 6.44. The van der Waals surface area contributed by atoms with Gasteiger partial charge < -0.3 is 15.0 Å². The fourth-order valence-corrected chi connectivity index (χ4v) is 2.31. The van der Waals surface area contributed by atoms with E-state index in [9.17, 15) is 0 Å². The third-order valence-corrected chi connectivity index (χ3v) is 3.61. The monoisotopic (exact) mass is 311 g/mol. The van der Waals surface area contributed by atoms with Crippen LogP contribution in [0.25, 0.3) is 0 Å². The van der Waals surface area contributed by atoms with Crippen LogP contribution < -0.4 is 5.32 Å². The number of unbranched alkanes of at least 4 members (excludes halogenated alkanes) is 1. The van der Waals surface area contributed by atoms with Gasteiger partial charge in [-0.2, -0.15) is 0 Å². The van der Waals surface area contributed by atoms with Gasteiger partial charge in [0, 0.05) is 39.3 Å². The van der Waals surface area contributed by atoms with Crippen molar-refractivity contribution in [3.05, 3.63) is 34.9 Å².